The number of hydrogen-bond acceptors (Lipinski definition) is 5. The first-order valence-corrected chi connectivity index (χ1v) is 11.5. The first kappa shape index (κ1) is 21.7. The van der Waals surface area contributed by atoms with Crippen molar-refractivity contribution in [2.24, 2.45) is 4.99 Å². The van der Waals surface area contributed by atoms with Gasteiger partial charge in [0.2, 0.25) is 0 Å². The summed E-state index contributed by atoms with van der Waals surface area (Å²) in [4.78, 5) is 35.4. The minimum absolute atomic E-state index is 0.198. The quantitative estimate of drug-likeness (QED) is 0.470. The Kier molecular flexibility index (Phi) is 5.73. The van der Waals surface area contributed by atoms with Gasteiger partial charge in [-0.25, -0.2) is 4.99 Å². The summed E-state index contributed by atoms with van der Waals surface area (Å²) >= 11 is 1.31. The van der Waals surface area contributed by atoms with Gasteiger partial charge in [0, 0.05) is 17.6 Å². The number of para-hydroxylation sites is 1. The second-order valence-electron chi connectivity index (χ2n) is 7.80. The van der Waals surface area contributed by atoms with Gasteiger partial charge in [-0.1, -0.05) is 41.7 Å². The third-order valence-electron chi connectivity index (χ3n) is 5.64. The van der Waals surface area contributed by atoms with Gasteiger partial charge in [-0.15, -0.1) is 0 Å². The number of allylic oxidation sites excluding steroid dienone is 1. The van der Waals surface area contributed by atoms with E-state index in [0.717, 1.165) is 11.3 Å². The third kappa shape index (κ3) is 3.99. The van der Waals surface area contributed by atoms with E-state index in [2.05, 4.69) is 15.3 Å². The second kappa shape index (κ2) is 8.99. The Labute approximate surface area is 199 Å². The Morgan fingerprint density at radius 3 is 2.56 bits per heavy atom. The van der Waals surface area contributed by atoms with Crippen LogP contribution in [0.4, 0.5) is 5.69 Å². The van der Waals surface area contributed by atoms with Gasteiger partial charge in [0.25, 0.3) is 11.5 Å². The number of aromatic amines is 1. The number of carbonyl (C=O) groups is 1. The zero-order chi connectivity index (χ0) is 23.7. The molecule has 34 heavy (non-hydrogen) atoms. The third-order valence-corrected chi connectivity index (χ3v) is 6.62. The highest BCUT2D eigenvalue weighted by Gasteiger charge is 2.32. The average Bonchev–Trinajstić information content (AvgIpc) is 3.47. The summed E-state index contributed by atoms with van der Waals surface area (Å²) in [5.41, 5.74) is 3.09. The van der Waals surface area contributed by atoms with E-state index in [1.165, 1.54) is 11.3 Å². The number of fused-ring (bicyclic) bond motifs is 1. The van der Waals surface area contributed by atoms with Crippen LogP contribution in [0.2, 0.25) is 0 Å². The van der Waals surface area contributed by atoms with Gasteiger partial charge in [0.1, 0.15) is 5.75 Å². The molecule has 4 aromatic rings. The molecule has 1 atom stereocenters. The Hall–Kier alpha value is -4.17. The second-order valence-corrected chi connectivity index (χ2v) is 8.81. The number of benzene rings is 2. The zero-order valence-corrected chi connectivity index (χ0v) is 19.4. The predicted octanol–water partition coefficient (Wildman–Crippen LogP) is 3.21. The van der Waals surface area contributed by atoms with E-state index in [1.54, 1.807) is 30.9 Å². The normalized spacial score (nSPS) is 15.6. The van der Waals surface area contributed by atoms with Crippen LogP contribution in [0, 0.1) is 0 Å². The van der Waals surface area contributed by atoms with Crippen LogP contribution in [-0.2, 0) is 4.79 Å². The molecule has 1 aliphatic heterocycles. The molecular weight excluding hydrogens is 448 g/mol. The van der Waals surface area contributed by atoms with Crippen molar-refractivity contribution in [2.45, 2.75) is 13.0 Å². The summed E-state index contributed by atoms with van der Waals surface area (Å²) in [5, 5.41) is 2.95. The number of ether oxygens (including phenoxy) is 1. The highest BCUT2D eigenvalue weighted by Crippen LogP contribution is 2.31. The van der Waals surface area contributed by atoms with Crippen LogP contribution in [0.25, 0.3) is 6.08 Å². The number of aromatic nitrogens is 2. The van der Waals surface area contributed by atoms with E-state index in [4.69, 9.17) is 4.74 Å². The standard InChI is InChI=1S/C26H22N4O3S/c1-16-22(24(31)29-18-7-4-3-5-8-18)23(17-10-12-20(33-2)13-11-17)30-25(32)21(34-26(30)28-16)15-19-9-6-14-27-19/h3-15,23,27H,1-2H3,(H,29,31)/b21-15+/t23-/m1/s1. The van der Waals surface area contributed by atoms with Crippen molar-refractivity contribution in [2.75, 3.05) is 12.4 Å². The summed E-state index contributed by atoms with van der Waals surface area (Å²) in [7, 11) is 1.60. The molecule has 0 unspecified atom stereocenters. The van der Waals surface area contributed by atoms with Crippen molar-refractivity contribution >= 4 is 29.0 Å². The van der Waals surface area contributed by atoms with Gasteiger partial charge in [-0.3, -0.25) is 14.2 Å². The van der Waals surface area contributed by atoms with E-state index >= 15 is 0 Å². The molecule has 0 saturated heterocycles. The lowest BCUT2D eigenvalue weighted by atomic mass is 9.95. The molecule has 8 heteroatoms. The van der Waals surface area contributed by atoms with E-state index < -0.39 is 6.04 Å². The SMILES string of the molecule is COc1ccc([C@@H]2C(C(=O)Nc3ccccc3)=C(C)N=c3s/c(=C/c4ccc[nH]4)c(=O)n32)cc1. The van der Waals surface area contributed by atoms with Crippen molar-refractivity contribution in [1.82, 2.24) is 9.55 Å². The van der Waals surface area contributed by atoms with Gasteiger partial charge in [-0.2, -0.15) is 0 Å². The van der Waals surface area contributed by atoms with Crippen molar-refractivity contribution < 1.29 is 9.53 Å². The fourth-order valence-electron chi connectivity index (χ4n) is 4.01. The van der Waals surface area contributed by atoms with Gasteiger partial charge >= 0.3 is 0 Å². The number of thiazole rings is 1. The number of nitrogens with one attached hydrogen (secondary N) is 2. The molecule has 0 bridgehead atoms. The fourth-order valence-corrected chi connectivity index (χ4v) is 5.05. The monoisotopic (exact) mass is 470 g/mol. The zero-order valence-electron chi connectivity index (χ0n) is 18.6. The molecule has 0 spiro atoms. The van der Waals surface area contributed by atoms with Crippen molar-refractivity contribution in [3.05, 3.63) is 115 Å². The molecule has 2 aromatic carbocycles. The molecule has 2 N–H and O–H groups in total. The largest absolute Gasteiger partial charge is 0.497 e. The van der Waals surface area contributed by atoms with Crippen LogP contribution in [0.5, 0.6) is 5.75 Å². The maximum atomic E-state index is 13.6. The average molecular weight is 471 g/mol. The maximum Gasteiger partial charge on any atom is 0.271 e. The van der Waals surface area contributed by atoms with Gasteiger partial charge in [0.15, 0.2) is 4.80 Å². The molecule has 170 valence electrons. The summed E-state index contributed by atoms with van der Waals surface area (Å²) in [6.45, 7) is 1.80. The van der Waals surface area contributed by atoms with Crippen LogP contribution < -0.4 is 24.9 Å². The number of anilines is 1. The van der Waals surface area contributed by atoms with Crippen LogP contribution in [0.1, 0.15) is 24.2 Å². The summed E-state index contributed by atoms with van der Waals surface area (Å²) in [6.07, 6.45) is 3.61. The Morgan fingerprint density at radius 2 is 1.88 bits per heavy atom. The number of hydrogen-bond donors (Lipinski definition) is 2. The van der Waals surface area contributed by atoms with E-state index in [-0.39, 0.29) is 11.5 Å². The van der Waals surface area contributed by atoms with Crippen molar-refractivity contribution in [3.8, 4) is 5.75 Å². The predicted molar refractivity (Wildman–Crippen MR) is 133 cm³/mol. The highest BCUT2D eigenvalue weighted by molar-refractivity contribution is 7.07. The number of H-pyrrole nitrogens is 1. The topological polar surface area (TPSA) is 88.5 Å². The smallest absolute Gasteiger partial charge is 0.271 e. The van der Waals surface area contributed by atoms with Gasteiger partial charge < -0.3 is 15.0 Å². The van der Waals surface area contributed by atoms with Crippen molar-refractivity contribution in [3.63, 3.8) is 0 Å². The Balaban J connectivity index is 1.68. The van der Waals surface area contributed by atoms with Gasteiger partial charge in [0.05, 0.1) is 29.0 Å². The molecule has 1 aliphatic rings. The van der Waals surface area contributed by atoms with Crippen LogP contribution in [0.3, 0.4) is 0 Å². The maximum absolute atomic E-state index is 13.6. The summed E-state index contributed by atoms with van der Waals surface area (Å²) < 4.78 is 7.45. The molecule has 2 aromatic heterocycles. The lowest BCUT2D eigenvalue weighted by Crippen LogP contribution is -2.40. The van der Waals surface area contributed by atoms with Crippen LogP contribution in [0.15, 0.2) is 94.0 Å². The van der Waals surface area contributed by atoms with E-state index in [1.807, 2.05) is 66.7 Å². The van der Waals surface area contributed by atoms with Crippen LogP contribution >= 0.6 is 11.3 Å². The number of amides is 1. The fraction of sp³-hybridized carbons (Fsp3) is 0.115. The lowest BCUT2D eigenvalue weighted by Gasteiger charge is -2.25. The molecule has 7 nitrogen and oxygen atoms in total. The minimum atomic E-state index is -0.628. The van der Waals surface area contributed by atoms with Crippen LogP contribution in [-0.4, -0.2) is 22.6 Å². The molecule has 0 saturated carbocycles. The van der Waals surface area contributed by atoms with Crippen molar-refractivity contribution in [1.29, 1.82) is 0 Å². The Morgan fingerprint density at radius 1 is 1.12 bits per heavy atom. The molecule has 5 rings (SSSR count). The molecule has 0 radical (unpaired) electrons. The highest BCUT2D eigenvalue weighted by atomic mass is 32.1. The molecule has 1 amide bonds. The van der Waals surface area contributed by atoms with Gasteiger partial charge in [-0.05, 0) is 55.0 Å². The molecular formula is C26H22N4O3S. The first-order chi connectivity index (χ1) is 16.5. The number of methoxy groups -OCH3 is 1. The molecule has 3 heterocycles. The number of rotatable bonds is 5. The molecule has 0 aliphatic carbocycles. The summed E-state index contributed by atoms with van der Waals surface area (Å²) in [5.74, 6) is 0.394. The van der Waals surface area contributed by atoms with E-state index in [0.29, 0.717) is 32.0 Å². The number of carbonyl (C=O) groups excluding carboxylic acids is 1. The minimum Gasteiger partial charge on any atom is -0.497 e. The first-order valence-electron chi connectivity index (χ1n) is 10.7. The Bertz CT molecular complexity index is 1550. The number of nitrogens with zero attached hydrogens (tertiary/aromatic N) is 2. The molecule has 0 fully saturated rings. The lowest BCUT2D eigenvalue weighted by molar-refractivity contribution is -0.113. The summed E-state index contributed by atoms with van der Waals surface area (Å²) in [6, 6.07) is 19.8. The van der Waals surface area contributed by atoms with E-state index in [9.17, 15) is 9.59 Å².